The Morgan fingerprint density at radius 3 is 2.48 bits per heavy atom. The number of hydrogen-bond acceptors (Lipinski definition) is 3. The first-order valence-electron chi connectivity index (χ1n) is 8.87. The smallest absolute Gasteiger partial charge is 0.118 e. The molecule has 1 aromatic rings. The van der Waals surface area contributed by atoms with Crippen molar-refractivity contribution in [1.29, 1.82) is 0 Å². The van der Waals surface area contributed by atoms with E-state index in [2.05, 4.69) is 54.2 Å². The fraction of sp³-hybridized carbons (Fsp3) is 0.600. The highest BCUT2D eigenvalue weighted by Gasteiger charge is 2.45. The van der Waals surface area contributed by atoms with Gasteiger partial charge in [0, 0.05) is 25.6 Å². The summed E-state index contributed by atoms with van der Waals surface area (Å²) >= 11 is 0. The Hall–Kier alpha value is -1.32. The number of likely N-dealkylation sites (tertiary alicyclic amines) is 2. The van der Waals surface area contributed by atoms with Crippen molar-refractivity contribution in [3.05, 3.63) is 41.5 Å². The molecule has 0 saturated carbocycles. The topological polar surface area (TPSA) is 15.7 Å². The van der Waals surface area contributed by atoms with Gasteiger partial charge in [0.25, 0.3) is 0 Å². The molecule has 4 atom stereocenters. The Labute approximate surface area is 139 Å². The largest absolute Gasteiger partial charge is 0.497 e. The minimum atomic E-state index is 0.564. The van der Waals surface area contributed by atoms with E-state index >= 15 is 0 Å². The van der Waals surface area contributed by atoms with Crippen LogP contribution in [0.25, 0.3) is 0 Å². The average Bonchev–Trinajstić information content (AvgIpc) is 2.95. The number of benzene rings is 1. The molecule has 0 bridgehead atoms. The van der Waals surface area contributed by atoms with Crippen LogP contribution in [-0.2, 0) is 0 Å². The third-order valence-corrected chi connectivity index (χ3v) is 6.22. The molecule has 0 radical (unpaired) electrons. The van der Waals surface area contributed by atoms with Crippen LogP contribution in [0.1, 0.15) is 17.9 Å². The van der Waals surface area contributed by atoms with Crippen LogP contribution >= 0.6 is 0 Å². The highest BCUT2D eigenvalue weighted by molar-refractivity contribution is 5.36. The first-order valence-corrected chi connectivity index (χ1v) is 8.87. The number of hydrogen-bond donors (Lipinski definition) is 0. The standard InChI is InChI=1S/C20H28N2O/c1-21-9-8-17-15(11-21)10-18(20-13-22(2)12-19(17)20)14-4-6-16(23-3)7-5-14/h4-7,10,17-20H,8-9,11-13H2,1-3H3. The van der Waals surface area contributed by atoms with Crippen molar-refractivity contribution in [3.63, 3.8) is 0 Å². The van der Waals surface area contributed by atoms with E-state index in [4.69, 9.17) is 4.74 Å². The first-order chi connectivity index (χ1) is 11.2. The normalized spacial score (nSPS) is 34.7. The molecule has 3 nitrogen and oxygen atoms in total. The molecule has 4 unspecified atom stereocenters. The Morgan fingerprint density at radius 1 is 1.00 bits per heavy atom. The number of methoxy groups -OCH3 is 1. The van der Waals surface area contributed by atoms with E-state index in [0.29, 0.717) is 5.92 Å². The van der Waals surface area contributed by atoms with Gasteiger partial charge < -0.3 is 14.5 Å². The minimum Gasteiger partial charge on any atom is -0.497 e. The molecule has 2 aliphatic heterocycles. The molecule has 0 spiro atoms. The monoisotopic (exact) mass is 312 g/mol. The SMILES string of the molecule is COc1ccc(C2C=C3CN(C)CCC3C3CN(C)CC23)cc1. The van der Waals surface area contributed by atoms with Gasteiger partial charge in [-0.1, -0.05) is 23.8 Å². The molecule has 23 heavy (non-hydrogen) atoms. The van der Waals surface area contributed by atoms with Crippen LogP contribution in [0, 0.1) is 17.8 Å². The Bertz CT molecular complexity index is 594. The summed E-state index contributed by atoms with van der Waals surface area (Å²) in [6.07, 6.45) is 3.95. The van der Waals surface area contributed by atoms with Crippen LogP contribution in [-0.4, -0.2) is 57.2 Å². The highest BCUT2D eigenvalue weighted by Crippen LogP contribution is 2.49. The summed E-state index contributed by atoms with van der Waals surface area (Å²) < 4.78 is 5.33. The minimum absolute atomic E-state index is 0.564. The van der Waals surface area contributed by atoms with E-state index in [1.54, 1.807) is 12.7 Å². The zero-order valence-electron chi connectivity index (χ0n) is 14.5. The highest BCUT2D eigenvalue weighted by atomic mass is 16.5. The van der Waals surface area contributed by atoms with Gasteiger partial charge in [-0.2, -0.15) is 0 Å². The predicted octanol–water partition coefficient (Wildman–Crippen LogP) is 2.85. The van der Waals surface area contributed by atoms with E-state index in [1.165, 1.54) is 31.6 Å². The van der Waals surface area contributed by atoms with Crippen LogP contribution in [0.5, 0.6) is 5.75 Å². The quantitative estimate of drug-likeness (QED) is 0.781. The lowest BCUT2D eigenvalue weighted by molar-refractivity contribution is 0.186. The lowest BCUT2D eigenvalue weighted by Gasteiger charge is -2.43. The fourth-order valence-electron chi connectivity index (χ4n) is 5.11. The van der Waals surface area contributed by atoms with Crippen LogP contribution in [0.3, 0.4) is 0 Å². The molecule has 0 N–H and O–H groups in total. The lowest BCUT2D eigenvalue weighted by atomic mass is 9.65. The van der Waals surface area contributed by atoms with Gasteiger partial charge in [0.2, 0.25) is 0 Å². The molecule has 4 rings (SSSR count). The summed E-state index contributed by atoms with van der Waals surface area (Å²) in [5.41, 5.74) is 3.14. The van der Waals surface area contributed by atoms with Crippen molar-refractivity contribution >= 4 is 0 Å². The van der Waals surface area contributed by atoms with Gasteiger partial charge in [-0.3, -0.25) is 0 Å². The number of piperidine rings is 1. The maximum absolute atomic E-state index is 5.33. The molecule has 2 heterocycles. The van der Waals surface area contributed by atoms with Gasteiger partial charge in [0.05, 0.1) is 7.11 Å². The maximum Gasteiger partial charge on any atom is 0.118 e. The third-order valence-electron chi connectivity index (χ3n) is 6.22. The Morgan fingerprint density at radius 2 is 1.74 bits per heavy atom. The summed E-state index contributed by atoms with van der Waals surface area (Å²) in [6, 6.07) is 8.76. The van der Waals surface area contributed by atoms with Crippen molar-refractivity contribution in [3.8, 4) is 5.75 Å². The van der Waals surface area contributed by atoms with Gasteiger partial charge in [-0.25, -0.2) is 0 Å². The summed E-state index contributed by atoms with van der Waals surface area (Å²) in [4.78, 5) is 5.02. The van der Waals surface area contributed by atoms with Gasteiger partial charge in [0.1, 0.15) is 5.75 Å². The predicted molar refractivity (Wildman–Crippen MR) is 93.9 cm³/mol. The molecule has 0 aromatic heterocycles. The number of likely N-dealkylation sites (N-methyl/N-ethyl adjacent to an activating group) is 1. The Balaban J connectivity index is 1.69. The van der Waals surface area contributed by atoms with Crippen LogP contribution in [0.2, 0.25) is 0 Å². The number of nitrogens with zero attached hydrogens (tertiary/aromatic N) is 2. The third kappa shape index (κ3) is 2.70. The molecule has 1 aliphatic carbocycles. The molecule has 1 aromatic carbocycles. The lowest BCUT2D eigenvalue weighted by Crippen LogP contribution is -2.41. The van der Waals surface area contributed by atoms with Crippen molar-refractivity contribution in [1.82, 2.24) is 9.80 Å². The summed E-state index contributed by atoms with van der Waals surface area (Å²) in [7, 11) is 6.28. The molecule has 124 valence electrons. The van der Waals surface area contributed by atoms with Crippen LogP contribution in [0.4, 0.5) is 0 Å². The fourth-order valence-corrected chi connectivity index (χ4v) is 5.11. The molecule has 2 saturated heterocycles. The Kier molecular flexibility index (Phi) is 3.94. The van der Waals surface area contributed by atoms with Crippen molar-refractivity contribution in [2.24, 2.45) is 17.8 Å². The van der Waals surface area contributed by atoms with Gasteiger partial charge in [0.15, 0.2) is 0 Å². The second-order valence-electron chi connectivity index (χ2n) is 7.72. The van der Waals surface area contributed by atoms with E-state index in [1.807, 2.05) is 0 Å². The van der Waals surface area contributed by atoms with Gasteiger partial charge >= 0.3 is 0 Å². The molecule has 3 heteroatoms. The number of ether oxygens (including phenoxy) is 1. The number of allylic oxidation sites excluding steroid dienone is 1. The molecule has 2 fully saturated rings. The first kappa shape index (κ1) is 15.2. The summed E-state index contributed by atoms with van der Waals surface area (Å²) in [5, 5.41) is 0. The zero-order chi connectivity index (χ0) is 16.0. The van der Waals surface area contributed by atoms with Crippen LogP contribution in [0.15, 0.2) is 35.9 Å². The van der Waals surface area contributed by atoms with Gasteiger partial charge in [-0.15, -0.1) is 0 Å². The van der Waals surface area contributed by atoms with E-state index in [0.717, 1.165) is 30.0 Å². The van der Waals surface area contributed by atoms with E-state index in [-0.39, 0.29) is 0 Å². The molecule has 3 aliphatic rings. The van der Waals surface area contributed by atoms with Crippen molar-refractivity contribution in [2.45, 2.75) is 12.3 Å². The number of rotatable bonds is 2. The van der Waals surface area contributed by atoms with E-state index < -0.39 is 0 Å². The zero-order valence-corrected chi connectivity index (χ0v) is 14.5. The maximum atomic E-state index is 5.33. The molecular weight excluding hydrogens is 284 g/mol. The van der Waals surface area contributed by atoms with Crippen molar-refractivity contribution in [2.75, 3.05) is 47.4 Å². The summed E-state index contributed by atoms with van der Waals surface area (Å²) in [5.74, 6) is 3.93. The second-order valence-corrected chi connectivity index (χ2v) is 7.72. The van der Waals surface area contributed by atoms with Crippen molar-refractivity contribution < 1.29 is 4.74 Å². The van der Waals surface area contributed by atoms with Gasteiger partial charge in [-0.05, 0) is 62.5 Å². The average molecular weight is 312 g/mol. The molecule has 0 amide bonds. The van der Waals surface area contributed by atoms with E-state index in [9.17, 15) is 0 Å². The second kappa shape index (κ2) is 5.95. The summed E-state index contributed by atoms with van der Waals surface area (Å²) in [6.45, 7) is 4.91. The molecular formula is C20H28N2O. The number of fused-ring (bicyclic) bond motifs is 3. The van der Waals surface area contributed by atoms with Crippen LogP contribution < -0.4 is 4.74 Å².